The van der Waals surface area contributed by atoms with Gasteiger partial charge in [0.15, 0.2) is 0 Å². The molecule has 9 heteroatoms. The number of carbonyl (C=O) groups excluding carboxylic acids is 1. The fourth-order valence-corrected chi connectivity index (χ4v) is 4.94. The Morgan fingerprint density at radius 2 is 2.00 bits per heavy atom. The number of carbonyl (C=O) groups is 1. The summed E-state index contributed by atoms with van der Waals surface area (Å²) in [5, 5.41) is 21.9. The molecule has 0 bridgehead atoms. The average Bonchev–Trinajstić information content (AvgIpc) is 3.33. The van der Waals surface area contributed by atoms with Crippen LogP contribution in [0.2, 0.25) is 0 Å². The summed E-state index contributed by atoms with van der Waals surface area (Å²) < 4.78 is 10.5. The van der Waals surface area contributed by atoms with Gasteiger partial charge in [0.25, 0.3) is 0 Å². The third-order valence-corrected chi connectivity index (χ3v) is 6.94. The first-order valence-electron chi connectivity index (χ1n) is 12.0. The summed E-state index contributed by atoms with van der Waals surface area (Å²) in [5.74, 6) is 0. The summed E-state index contributed by atoms with van der Waals surface area (Å²) >= 11 is 0. The van der Waals surface area contributed by atoms with Crippen molar-refractivity contribution in [3.8, 4) is 17.3 Å². The summed E-state index contributed by atoms with van der Waals surface area (Å²) in [5.41, 5.74) is 3.61. The first-order valence-corrected chi connectivity index (χ1v) is 12.0. The van der Waals surface area contributed by atoms with Crippen LogP contribution in [-0.2, 0) is 15.1 Å². The normalized spacial score (nSPS) is 17.9. The molecule has 0 atom stereocenters. The van der Waals surface area contributed by atoms with E-state index in [-0.39, 0.29) is 6.09 Å². The minimum absolute atomic E-state index is 0.270. The van der Waals surface area contributed by atoms with Gasteiger partial charge >= 0.3 is 6.09 Å². The molecule has 0 saturated carbocycles. The van der Waals surface area contributed by atoms with E-state index in [1.807, 2.05) is 31.2 Å². The number of aromatic nitrogens is 2. The number of aliphatic hydroxyl groups is 1. The number of benzene rings is 1. The van der Waals surface area contributed by atoms with Crippen molar-refractivity contribution in [2.45, 2.75) is 25.4 Å². The molecule has 1 amide bonds. The van der Waals surface area contributed by atoms with Crippen molar-refractivity contribution in [3.63, 3.8) is 0 Å². The van der Waals surface area contributed by atoms with Gasteiger partial charge in [0, 0.05) is 80.8 Å². The Morgan fingerprint density at radius 1 is 1.23 bits per heavy atom. The van der Waals surface area contributed by atoms with Crippen LogP contribution in [-0.4, -0.2) is 72.1 Å². The minimum Gasteiger partial charge on any atom is -0.450 e. The monoisotopic (exact) mass is 475 g/mol. The molecule has 3 aromatic rings. The van der Waals surface area contributed by atoms with E-state index in [0.717, 1.165) is 33.5 Å². The predicted molar refractivity (Wildman–Crippen MR) is 131 cm³/mol. The fourth-order valence-electron chi connectivity index (χ4n) is 4.94. The molecule has 0 aliphatic carbocycles. The number of pyridine rings is 1. The van der Waals surface area contributed by atoms with Crippen LogP contribution < -0.4 is 4.90 Å². The summed E-state index contributed by atoms with van der Waals surface area (Å²) in [6.45, 7) is 5.76. The van der Waals surface area contributed by atoms with E-state index in [1.54, 1.807) is 17.2 Å². The number of nitrogens with one attached hydrogen (secondary N) is 1. The van der Waals surface area contributed by atoms with Gasteiger partial charge in [-0.1, -0.05) is 12.1 Å². The average molecular weight is 476 g/mol. The second-order valence-electron chi connectivity index (χ2n) is 8.96. The Hall–Kier alpha value is -3.61. The number of hydrogen-bond acceptors (Lipinski definition) is 7. The lowest BCUT2D eigenvalue weighted by molar-refractivity contribution is -0.0679. The molecule has 2 aromatic heterocycles. The van der Waals surface area contributed by atoms with E-state index in [2.05, 4.69) is 20.9 Å². The smallest absolute Gasteiger partial charge is 0.409 e. The number of amides is 1. The highest BCUT2D eigenvalue weighted by Gasteiger charge is 2.32. The van der Waals surface area contributed by atoms with Crippen LogP contribution in [0, 0.1) is 11.3 Å². The summed E-state index contributed by atoms with van der Waals surface area (Å²) in [4.78, 5) is 23.9. The maximum absolute atomic E-state index is 12.0. The Kier molecular flexibility index (Phi) is 6.32. The molecular formula is C26H29N5O4. The zero-order valence-corrected chi connectivity index (χ0v) is 19.8. The summed E-state index contributed by atoms with van der Waals surface area (Å²) in [6.07, 6.45) is 2.53. The fraction of sp³-hybridized carbons (Fsp3) is 0.423. The zero-order chi connectivity index (χ0) is 24.4. The lowest BCUT2D eigenvalue weighted by atomic mass is 9.84. The van der Waals surface area contributed by atoms with Gasteiger partial charge < -0.3 is 29.4 Å². The van der Waals surface area contributed by atoms with E-state index in [9.17, 15) is 15.2 Å². The maximum Gasteiger partial charge on any atom is 0.409 e. The molecule has 4 heterocycles. The van der Waals surface area contributed by atoms with E-state index < -0.39 is 5.60 Å². The van der Waals surface area contributed by atoms with Gasteiger partial charge in [0.05, 0.1) is 23.8 Å². The molecular weight excluding hydrogens is 446 g/mol. The van der Waals surface area contributed by atoms with Crippen LogP contribution in [0.5, 0.6) is 0 Å². The number of H-pyrrole nitrogens is 1. The van der Waals surface area contributed by atoms with Crippen molar-refractivity contribution in [2.24, 2.45) is 0 Å². The number of ether oxygens (including phenoxy) is 2. The molecule has 5 rings (SSSR count). The largest absolute Gasteiger partial charge is 0.450 e. The minimum atomic E-state index is -0.969. The number of nitriles is 1. The number of rotatable bonds is 4. The first-order chi connectivity index (χ1) is 17.0. The molecule has 0 radical (unpaired) electrons. The van der Waals surface area contributed by atoms with Crippen molar-refractivity contribution < 1.29 is 19.4 Å². The number of anilines is 1. The van der Waals surface area contributed by atoms with Gasteiger partial charge in [-0.05, 0) is 30.7 Å². The molecule has 2 aliphatic rings. The lowest BCUT2D eigenvalue weighted by Crippen LogP contribution is -2.49. The Balaban J connectivity index is 1.43. The van der Waals surface area contributed by atoms with Gasteiger partial charge in [-0.3, -0.25) is 0 Å². The molecule has 1 aromatic carbocycles. The quantitative estimate of drug-likeness (QED) is 0.594. The van der Waals surface area contributed by atoms with E-state index >= 15 is 0 Å². The molecule has 182 valence electrons. The van der Waals surface area contributed by atoms with Crippen molar-refractivity contribution >= 4 is 22.8 Å². The highest BCUT2D eigenvalue weighted by molar-refractivity contribution is 5.94. The number of aromatic amines is 1. The standard InChI is InChI=1S/C26H29N5O4/c1-2-35-25(32)31-11-9-30(10-12-31)23-5-8-28-24-21(23)16-22(29-24)20-4-3-19(15-18(20)17-27)26(33)6-13-34-14-7-26/h3-5,8,15-16,33H,2,6-7,9-14H2,1H3,(H,28,29). The molecule has 35 heavy (non-hydrogen) atoms. The topological polar surface area (TPSA) is 115 Å². The van der Waals surface area contributed by atoms with Crippen LogP contribution >= 0.6 is 0 Å². The molecule has 2 saturated heterocycles. The maximum atomic E-state index is 12.0. The van der Waals surface area contributed by atoms with Crippen LogP contribution in [0.15, 0.2) is 36.5 Å². The number of piperazine rings is 1. The molecule has 9 nitrogen and oxygen atoms in total. The third-order valence-electron chi connectivity index (χ3n) is 6.94. The Labute approximate surface area is 203 Å². The van der Waals surface area contributed by atoms with Crippen LogP contribution in [0.25, 0.3) is 22.3 Å². The van der Waals surface area contributed by atoms with Gasteiger partial charge in [-0.25, -0.2) is 9.78 Å². The summed E-state index contributed by atoms with van der Waals surface area (Å²) in [7, 11) is 0. The molecule has 2 fully saturated rings. The predicted octanol–water partition coefficient (Wildman–Crippen LogP) is 3.38. The molecule has 0 spiro atoms. The Morgan fingerprint density at radius 3 is 2.71 bits per heavy atom. The van der Waals surface area contributed by atoms with Gasteiger partial charge in [0.2, 0.25) is 0 Å². The number of fused-ring (bicyclic) bond motifs is 1. The van der Waals surface area contributed by atoms with Gasteiger partial charge in [-0.15, -0.1) is 0 Å². The van der Waals surface area contributed by atoms with Crippen molar-refractivity contribution in [1.29, 1.82) is 5.26 Å². The van der Waals surface area contributed by atoms with Gasteiger partial charge in [0.1, 0.15) is 5.65 Å². The van der Waals surface area contributed by atoms with Gasteiger partial charge in [-0.2, -0.15) is 5.26 Å². The van der Waals surface area contributed by atoms with E-state index in [4.69, 9.17) is 9.47 Å². The summed E-state index contributed by atoms with van der Waals surface area (Å²) in [6, 6.07) is 11.9. The first kappa shape index (κ1) is 23.1. The highest BCUT2D eigenvalue weighted by atomic mass is 16.6. The SMILES string of the molecule is CCOC(=O)N1CCN(c2ccnc3[nH]c(-c4ccc(C5(O)CCOCC5)cc4C#N)cc23)CC1. The van der Waals surface area contributed by atoms with Crippen LogP contribution in [0.1, 0.15) is 30.9 Å². The molecule has 0 unspecified atom stereocenters. The Bertz CT molecular complexity index is 1270. The second kappa shape index (κ2) is 9.56. The third kappa shape index (κ3) is 4.43. The van der Waals surface area contributed by atoms with Crippen LogP contribution in [0.3, 0.4) is 0 Å². The lowest BCUT2D eigenvalue weighted by Gasteiger charge is -2.35. The van der Waals surface area contributed by atoms with Crippen LogP contribution in [0.4, 0.5) is 10.5 Å². The second-order valence-corrected chi connectivity index (χ2v) is 8.96. The molecule has 2 N–H and O–H groups in total. The van der Waals surface area contributed by atoms with E-state index in [1.165, 1.54) is 0 Å². The van der Waals surface area contributed by atoms with Crippen molar-refractivity contribution in [3.05, 3.63) is 47.7 Å². The molecule has 2 aliphatic heterocycles. The highest BCUT2D eigenvalue weighted by Crippen LogP contribution is 2.36. The van der Waals surface area contributed by atoms with E-state index in [0.29, 0.717) is 64.4 Å². The number of hydrogen-bond donors (Lipinski definition) is 2. The van der Waals surface area contributed by atoms with Crippen molar-refractivity contribution in [1.82, 2.24) is 14.9 Å². The van der Waals surface area contributed by atoms with Crippen molar-refractivity contribution in [2.75, 3.05) is 50.9 Å². The number of nitrogens with zero attached hydrogens (tertiary/aromatic N) is 4. The zero-order valence-electron chi connectivity index (χ0n) is 19.8.